The van der Waals surface area contributed by atoms with Crippen molar-refractivity contribution in [3.05, 3.63) is 59.7 Å². The van der Waals surface area contributed by atoms with Gasteiger partial charge in [0.25, 0.3) is 5.91 Å². The number of carbonyl (C=O) groups is 2. The van der Waals surface area contributed by atoms with Crippen molar-refractivity contribution in [2.75, 3.05) is 13.7 Å². The Balaban J connectivity index is 1.78. The molecule has 1 fully saturated rings. The summed E-state index contributed by atoms with van der Waals surface area (Å²) in [5, 5.41) is 3.16. The number of methoxy groups -OCH3 is 1. The average molecular weight is 439 g/mol. The third kappa shape index (κ3) is 6.25. The minimum absolute atomic E-state index is 0.0912. The molecule has 32 heavy (non-hydrogen) atoms. The van der Waals surface area contributed by atoms with E-state index in [2.05, 4.69) is 5.32 Å². The molecule has 1 N–H and O–H groups in total. The lowest BCUT2D eigenvalue weighted by molar-refractivity contribution is -0.143. The zero-order valence-corrected chi connectivity index (χ0v) is 19.3. The van der Waals surface area contributed by atoms with Crippen molar-refractivity contribution in [1.82, 2.24) is 10.2 Å². The molecule has 2 aromatic carbocycles. The van der Waals surface area contributed by atoms with E-state index in [1.165, 1.54) is 0 Å². The molecule has 0 spiro atoms. The van der Waals surface area contributed by atoms with Gasteiger partial charge in [-0.2, -0.15) is 0 Å². The average Bonchev–Trinajstić information content (AvgIpc) is 3.31. The second-order valence-corrected chi connectivity index (χ2v) is 8.34. The van der Waals surface area contributed by atoms with Gasteiger partial charge in [0.1, 0.15) is 17.5 Å². The molecule has 1 aliphatic carbocycles. The zero-order valence-electron chi connectivity index (χ0n) is 19.3. The second kappa shape index (κ2) is 11.6. The zero-order chi connectivity index (χ0) is 22.9. The van der Waals surface area contributed by atoms with Crippen LogP contribution in [-0.4, -0.2) is 42.5 Å². The van der Waals surface area contributed by atoms with Gasteiger partial charge in [0.2, 0.25) is 5.91 Å². The van der Waals surface area contributed by atoms with Crippen molar-refractivity contribution in [1.29, 1.82) is 0 Å². The van der Waals surface area contributed by atoms with Gasteiger partial charge in [-0.1, -0.05) is 50.1 Å². The summed E-state index contributed by atoms with van der Waals surface area (Å²) in [6.07, 6.45) is 4.81. The summed E-state index contributed by atoms with van der Waals surface area (Å²) < 4.78 is 11.2. The van der Waals surface area contributed by atoms with Crippen LogP contribution in [0.4, 0.5) is 0 Å². The number of benzene rings is 2. The van der Waals surface area contributed by atoms with E-state index in [1.54, 1.807) is 12.0 Å². The summed E-state index contributed by atoms with van der Waals surface area (Å²) in [4.78, 5) is 28.1. The van der Waals surface area contributed by atoms with Gasteiger partial charge in [-0.15, -0.1) is 0 Å². The minimum atomic E-state index is -0.560. The first-order chi connectivity index (χ1) is 15.5. The number of carbonyl (C=O) groups excluding carboxylic acids is 2. The number of nitrogens with one attached hydrogen (secondary N) is 1. The molecule has 6 nitrogen and oxygen atoms in total. The topological polar surface area (TPSA) is 67.9 Å². The van der Waals surface area contributed by atoms with Crippen LogP contribution < -0.4 is 14.8 Å². The molecule has 6 heteroatoms. The largest absolute Gasteiger partial charge is 0.497 e. The first-order valence-electron chi connectivity index (χ1n) is 11.4. The quantitative estimate of drug-likeness (QED) is 0.602. The molecular formula is C26H34N2O4. The number of nitrogens with zero attached hydrogens (tertiary/aromatic N) is 1. The number of hydrogen-bond donors (Lipinski definition) is 1. The van der Waals surface area contributed by atoms with Crippen molar-refractivity contribution < 1.29 is 19.1 Å². The Morgan fingerprint density at radius 3 is 2.56 bits per heavy atom. The molecule has 172 valence electrons. The van der Waals surface area contributed by atoms with Gasteiger partial charge in [-0.25, -0.2) is 0 Å². The number of ether oxygens (including phenoxy) is 2. The molecule has 0 unspecified atom stereocenters. The van der Waals surface area contributed by atoms with E-state index in [1.807, 2.05) is 62.4 Å². The molecule has 2 aromatic rings. The summed E-state index contributed by atoms with van der Waals surface area (Å²) in [6.45, 7) is 4.07. The Morgan fingerprint density at radius 2 is 1.88 bits per heavy atom. The monoisotopic (exact) mass is 438 g/mol. The highest BCUT2D eigenvalue weighted by molar-refractivity contribution is 5.88. The fourth-order valence-corrected chi connectivity index (χ4v) is 4.20. The molecule has 1 aliphatic rings. The molecule has 0 aliphatic heterocycles. The van der Waals surface area contributed by atoms with Crippen molar-refractivity contribution in [2.45, 2.75) is 64.6 Å². The van der Waals surface area contributed by atoms with Crippen LogP contribution in [0.3, 0.4) is 0 Å². The van der Waals surface area contributed by atoms with Crippen molar-refractivity contribution in [3.63, 3.8) is 0 Å². The van der Waals surface area contributed by atoms with Crippen LogP contribution in [0.25, 0.3) is 0 Å². The Labute approximate surface area is 190 Å². The first kappa shape index (κ1) is 23.6. The molecular weight excluding hydrogens is 404 g/mol. The first-order valence-corrected chi connectivity index (χ1v) is 11.4. The molecule has 3 rings (SSSR count). The van der Waals surface area contributed by atoms with E-state index in [4.69, 9.17) is 9.47 Å². The van der Waals surface area contributed by atoms with Crippen LogP contribution in [0.1, 0.15) is 50.2 Å². The normalized spacial score (nSPS) is 14.6. The molecule has 0 aromatic heterocycles. The van der Waals surface area contributed by atoms with E-state index in [-0.39, 0.29) is 24.5 Å². The number of aryl methyl sites for hydroxylation is 1. The van der Waals surface area contributed by atoms with E-state index < -0.39 is 6.04 Å². The van der Waals surface area contributed by atoms with E-state index in [0.29, 0.717) is 18.7 Å². The molecule has 0 saturated heterocycles. The minimum Gasteiger partial charge on any atom is -0.497 e. The number of hydrogen-bond acceptors (Lipinski definition) is 4. The van der Waals surface area contributed by atoms with E-state index in [9.17, 15) is 9.59 Å². The summed E-state index contributed by atoms with van der Waals surface area (Å²) in [6, 6.07) is 14.8. The van der Waals surface area contributed by atoms with Crippen LogP contribution in [0.15, 0.2) is 48.5 Å². The standard InChI is InChI=1S/C26H34N2O4/c1-4-23(26(30)27-21-12-6-7-13-21)28(17-20-11-9-14-22(16-20)31-3)25(29)18-32-24-15-8-5-10-19(24)2/h5,8-11,14-16,21,23H,4,6-7,12-13,17-18H2,1-3H3,(H,27,30)/t23-/m1/s1. The summed E-state index contributed by atoms with van der Waals surface area (Å²) in [5.74, 6) is 1.08. The maximum atomic E-state index is 13.3. The van der Waals surface area contributed by atoms with Crippen molar-refractivity contribution >= 4 is 11.8 Å². The third-order valence-electron chi connectivity index (χ3n) is 6.02. The van der Waals surface area contributed by atoms with Gasteiger partial charge in [0.15, 0.2) is 6.61 Å². The fraction of sp³-hybridized carbons (Fsp3) is 0.462. The highest BCUT2D eigenvalue weighted by Gasteiger charge is 2.31. The predicted octanol–water partition coefficient (Wildman–Crippen LogP) is 4.25. The Morgan fingerprint density at radius 1 is 1.12 bits per heavy atom. The fourth-order valence-electron chi connectivity index (χ4n) is 4.20. The molecule has 1 atom stereocenters. The maximum absolute atomic E-state index is 13.3. The maximum Gasteiger partial charge on any atom is 0.261 e. The lowest BCUT2D eigenvalue weighted by Gasteiger charge is -2.31. The highest BCUT2D eigenvalue weighted by atomic mass is 16.5. The van der Waals surface area contributed by atoms with Crippen LogP contribution in [0, 0.1) is 6.92 Å². The second-order valence-electron chi connectivity index (χ2n) is 8.34. The van der Waals surface area contributed by atoms with Gasteiger partial charge in [-0.05, 0) is 55.5 Å². The van der Waals surface area contributed by atoms with Gasteiger partial charge < -0.3 is 19.7 Å². The van der Waals surface area contributed by atoms with Crippen LogP contribution in [0.2, 0.25) is 0 Å². The Hall–Kier alpha value is -3.02. The van der Waals surface area contributed by atoms with Gasteiger partial charge in [0, 0.05) is 12.6 Å². The van der Waals surface area contributed by atoms with Crippen LogP contribution in [0.5, 0.6) is 11.5 Å². The molecule has 0 radical (unpaired) electrons. The highest BCUT2D eigenvalue weighted by Crippen LogP contribution is 2.21. The van der Waals surface area contributed by atoms with Gasteiger partial charge in [-0.3, -0.25) is 9.59 Å². The molecule has 2 amide bonds. The molecule has 1 saturated carbocycles. The lowest BCUT2D eigenvalue weighted by Crippen LogP contribution is -2.52. The number of rotatable bonds is 10. The molecule has 0 heterocycles. The van der Waals surface area contributed by atoms with E-state index >= 15 is 0 Å². The number of amides is 2. The lowest BCUT2D eigenvalue weighted by atomic mass is 10.1. The number of para-hydroxylation sites is 1. The van der Waals surface area contributed by atoms with Crippen LogP contribution in [-0.2, 0) is 16.1 Å². The van der Waals surface area contributed by atoms with Crippen molar-refractivity contribution in [3.8, 4) is 11.5 Å². The Bertz CT molecular complexity index is 908. The molecule has 0 bridgehead atoms. The van der Waals surface area contributed by atoms with E-state index in [0.717, 1.165) is 42.6 Å². The third-order valence-corrected chi connectivity index (χ3v) is 6.02. The Kier molecular flexibility index (Phi) is 8.54. The smallest absolute Gasteiger partial charge is 0.261 e. The predicted molar refractivity (Wildman–Crippen MR) is 125 cm³/mol. The SMILES string of the molecule is CC[C@H](C(=O)NC1CCCC1)N(Cc1cccc(OC)c1)C(=O)COc1ccccc1C. The summed E-state index contributed by atoms with van der Waals surface area (Å²) in [5.41, 5.74) is 1.87. The summed E-state index contributed by atoms with van der Waals surface area (Å²) >= 11 is 0. The summed E-state index contributed by atoms with van der Waals surface area (Å²) in [7, 11) is 1.61. The van der Waals surface area contributed by atoms with Crippen molar-refractivity contribution in [2.24, 2.45) is 0 Å². The van der Waals surface area contributed by atoms with Gasteiger partial charge in [0.05, 0.1) is 7.11 Å². The van der Waals surface area contributed by atoms with Gasteiger partial charge >= 0.3 is 0 Å². The van der Waals surface area contributed by atoms with Crippen LogP contribution >= 0.6 is 0 Å².